The zero-order valence-corrected chi connectivity index (χ0v) is 18.4. The molecule has 6 heteroatoms. The molecule has 0 radical (unpaired) electrons. The smallest absolute Gasteiger partial charge is 0.341 e. The van der Waals surface area contributed by atoms with Gasteiger partial charge < -0.3 is 15.0 Å². The van der Waals surface area contributed by atoms with E-state index in [1.807, 2.05) is 6.92 Å². The van der Waals surface area contributed by atoms with Crippen molar-refractivity contribution in [3.63, 3.8) is 0 Å². The Kier molecular flexibility index (Phi) is 7.15. The molecule has 1 fully saturated rings. The fourth-order valence-electron chi connectivity index (χ4n) is 4.41. The van der Waals surface area contributed by atoms with Crippen LogP contribution in [0.3, 0.4) is 0 Å². The van der Waals surface area contributed by atoms with Crippen molar-refractivity contribution >= 4 is 39.6 Å². The Morgan fingerprint density at radius 2 is 1.81 bits per heavy atom. The molecule has 2 heterocycles. The van der Waals surface area contributed by atoms with Gasteiger partial charge in [-0.05, 0) is 83.5 Å². The number of esters is 1. The molecule has 0 aromatic carbocycles. The van der Waals surface area contributed by atoms with E-state index in [1.54, 1.807) is 11.3 Å². The van der Waals surface area contributed by atoms with Crippen molar-refractivity contribution in [3.8, 4) is 0 Å². The minimum atomic E-state index is -0.208. The Bertz CT molecular complexity index is 676. The zero-order valence-electron chi connectivity index (χ0n) is 16.8. The van der Waals surface area contributed by atoms with Gasteiger partial charge in [0.2, 0.25) is 0 Å². The van der Waals surface area contributed by atoms with Crippen molar-refractivity contribution in [1.29, 1.82) is 0 Å². The minimum Gasteiger partial charge on any atom is -0.462 e. The van der Waals surface area contributed by atoms with E-state index >= 15 is 0 Å². The van der Waals surface area contributed by atoms with Gasteiger partial charge in [0.05, 0.1) is 12.2 Å². The average Bonchev–Trinajstić information content (AvgIpc) is 2.91. The van der Waals surface area contributed by atoms with Gasteiger partial charge in [-0.25, -0.2) is 4.79 Å². The van der Waals surface area contributed by atoms with Gasteiger partial charge in [-0.2, -0.15) is 0 Å². The number of carbonyl (C=O) groups is 1. The van der Waals surface area contributed by atoms with Crippen LogP contribution >= 0.6 is 23.6 Å². The summed E-state index contributed by atoms with van der Waals surface area (Å²) in [5, 5.41) is 5.08. The van der Waals surface area contributed by atoms with E-state index < -0.39 is 0 Å². The summed E-state index contributed by atoms with van der Waals surface area (Å²) in [4.78, 5) is 16.4. The number of hydrogen-bond donors (Lipinski definition) is 1. The number of carbonyl (C=O) groups excluding carboxylic acids is 1. The first-order valence-corrected chi connectivity index (χ1v) is 11.7. The third-order valence-electron chi connectivity index (χ3n) is 5.80. The molecule has 27 heavy (non-hydrogen) atoms. The normalized spacial score (nSPS) is 23.1. The van der Waals surface area contributed by atoms with Crippen molar-refractivity contribution in [2.75, 3.05) is 11.9 Å². The number of fused-ring (bicyclic) bond motifs is 1. The molecule has 3 rings (SSSR count). The first-order chi connectivity index (χ1) is 13.0. The van der Waals surface area contributed by atoms with Crippen molar-refractivity contribution in [2.24, 2.45) is 0 Å². The highest BCUT2D eigenvalue weighted by Gasteiger charge is 2.30. The predicted molar refractivity (Wildman–Crippen MR) is 117 cm³/mol. The molecule has 1 aromatic rings. The Morgan fingerprint density at radius 3 is 2.48 bits per heavy atom. The largest absolute Gasteiger partial charge is 0.462 e. The standard InChI is InChI=1S/C21H32N2O2S2/c1-4-25-20(24)18-16-12-7-5-6-8-13-17(16)27-19(18)22-21(26)23-14(2)10-9-11-15(23)3/h14-15H,4-13H2,1-3H3,(H,22,26)/t14-,15-/m1/s1. The van der Waals surface area contributed by atoms with Crippen LogP contribution in [0.2, 0.25) is 0 Å². The van der Waals surface area contributed by atoms with E-state index in [0.29, 0.717) is 18.7 Å². The second-order valence-corrected chi connectivity index (χ2v) is 9.30. The fraction of sp³-hybridized carbons (Fsp3) is 0.714. The summed E-state index contributed by atoms with van der Waals surface area (Å²) < 4.78 is 5.41. The summed E-state index contributed by atoms with van der Waals surface area (Å²) in [5.74, 6) is -0.208. The molecule has 2 atom stereocenters. The zero-order chi connectivity index (χ0) is 19.4. The number of nitrogens with one attached hydrogen (secondary N) is 1. The summed E-state index contributed by atoms with van der Waals surface area (Å²) in [5.41, 5.74) is 1.93. The number of rotatable bonds is 3. The highest BCUT2D eigenvalue weighted by Crippen LogP contribution is 2.38. The molecule has 0 bridgehead atoms. The summed E-state index contributed by atoms with van der Waals surface area (Å²) >= 11 is 7.49. The maximum absolute atomic E-state index is 12.8. The lowest BCUT2D eigenvalue weighted by Gasteiger charge is -2.40. The van der Waals surface area contributed by atoms with Gasteiger partial charge in [0.1, 0.15) is 5.00 Å². The van der Waals surface area contributed by atoms with Crippen LogP contribution in [-0.4, -0.2) is 34.7 Å². The van der Waals surface area contributed by atoms with Crippen LogP contribution < -0.4 is 5.32 Å². The fourth-order valence-corrected chi connectivity index (χ4v) is 6.21. The molecule has 1 aromatic heterocycles. The molecule has 1 aliphatic carbocycles. The van der Waals surface area contributed by atoms with Crippen LogP contribution in [0.1, 0.15) is 86.5 Å². The SMILES string of the molecule is CCOC(=O)c1c(NC(=S)N2[C@H](C)CCC[C@H]2C)sc2c1CCCCCC2. The number of ether oxygens (including phenoxy) is 1. The van der Waals surface area contributed by atoms with Crippen LogP contribution in [0.5, 0.6) is 0 Å². The first kappa shape index (κ1) is 20.6. The number of hydrogen-bond acceptors (Lipinski definition) is 4. The molecule has 2 aliphatic rings. The van der Waals surface area contributed by atoms with Gasteiger partial charge >= 0.3 is 5.97 Å². The van der Waals surface area contributed by atoms with Crippen LogP contribution in [0.25, 0.3) is 0 Å². The van der Waals surface area contributed by atoms with Gasteiger partial charge in [0.15, 0.2) is 5.11 Å². The molecule has 150 valence electrons. The summed E-state index contributed by atoms with van der Waals surface area (Å²) in [7, 11) is 0. The van der Waals surface area contributed by atoms with Gasteiger partial charge in [-0.3, -0.25) is 0 Å². The highest BCUT2D eigenvalue weighted by molar-refractivity contribution is 7.80. The third-order valence-corrected chi connectivity index (χ3v) is 7.32. The van der Waals surface area contributed by atoms with E-state index in [0.717, 1.165) is 47.8 Å². The number of likely N-dealkylation sites (tertiary alicyclic amines) is 1. The lowest BCUT2D eigenvalue weighted by molar-refractivity contribution is 0.0526. The lowest BCUT2D eigenvalue weighted by Crippen LogP contribution is -2.49. The minimum absolute atomic E-state index is 0.208. The molecule has 4 nitrogen and oxygen atoms in total. The Morgan fingerprint density at radius 1 is 1.15 bits per heavy atom. The second kappa shape index (κ2) is 9.37. The molecule has 1 N–H and O–H groups in total. The van der Waals surface area contributed by atoms with E-state index in [2.05, 4.69) is 24.1 Å². The number of nitrogens with zero attached hydrogens (tertiary/aromatic N) is 1. The van der Waals surface area contributed by atoms with E-state index in [4.69, 9.17) is 17.0 Å². The molecule has 0 unspecified atom stereocenters. The molecular formula is C21H32N2O2S2. The van der Waals surface area contributed by atoms with E-state index in [9.17, 15) is 4.79 Å². The Hall–Kier alpha value is -1.14. The molecule has 1 aliphatic heterocycles. The topological polar surface area (TPSA) is 41.6 Å². The van der Waals surface area contributed by atoms with Gasteiger partial charge in [-0.15, -0.1) is 11.3 Å². The van der Waals surface area contributed by atoms with Crippen LogP contribution in [0.4, 0.5) is 5.00 Å². The molecule has 0 saturated carbocycles. The van der Waals surface area contributed by atoms with Gasteiger partial charge in [0.25, 0.3) is 0 Å². The van der Waals surface area contributed by atoms with Gasteiger partial charge in [0, 0.05) is 17.0 Å². The molecule has 1 saturated heterocycles. The predicted octanol–water partition coefficient (Wildman–Crippen LogP) is 5.54. The van der Waals surface area contributed by atoms with Crippen molar-refractivity contribution in [2.45, 2.75) is 90.6 Å². The van der Waals surface area contributed by atoms with Crippen LogP contribution in [0, 0.1) is 0 Å². The number of anilines is 1. The first-order valence-electron chi connectivity index (χ1n) is 10.4. The number of piperidine rings is 1. The number of aryl methyl sites for hydroxylation is 1. The average molecular weight is 409 g/mol. The highest BCUT2D eigenvalue weighted by atomic mass is 32.1. The number of thiocarbonyl (C=S) groups is 1. The van der Waals surface area contributed by atoms with Crippen LogP contribution in [-0.2, 0) is 17.6 Å². The molecule has 0 spiro atoms. The Balaban J connectivity index is 1.90. The van der Waals surface area contributed by atoms with Gasteiger partial charge in [-0.1, -0.05) is 12.8 Å². The maximum atomic E-state index is 12.8. The molecule has 0 amide bonds. The summed E-state index contributed by atoms with van der Waals surface area (Å²) in [6.07, 6.45) is 10.4. The maximum Gasteiger partial charge on any atom is 0.341 e. The van der Waals surface area contributed by atoms with E-state index in [-0.39, 0.29) is 5.97 Å². The molecular weight excluding hydrogens is 376 g/mol. The quantitative estimate of drug-likeness (QED) is 0.525. The van der Waals surface area contributed by atoms with Crippen molar-refractivity contribution in [3.05, 3.63) is 16.0 Å². The van der Waals surface area contributed by atoms with Crippen molar-refractivity contribution in [1.82, 2.24) is 4.90 Å². The monoisotopic (exact) mass is 408 g/mol. The summed E-state index contributed by atoms with van der Waals surface area (Å²) in [6, 6.07) is 0.863. The second-order valence-electron chi connectivity index (χ2n) is 7.81. The van der Waals surface area contributed by atoms with Crippen molar-refractivity contribution < 1.29 is 9.53 Å². The number of thiophene rings is 1. The summed E-state index contributed by atoms with van der Waals surface area (Å²) in [6.45, 7) is 6.74. The van der Waals surface area contributed by atoms with E-state index in [1.165, 1.54) is 36.1 Å². The van der Waals surface area contributed by atoms with Crippen LogP contribution in [0.15, 0.2) is 0 Å². The Labute approximate surface area is 172 Å². The lowest BCUT2D eigenvalue weighted by atomic mass is 9.96. The third kappa shape index (κ3) is 4.65.